The summed E-state index contributed by atoms with van der Waals surface area (Å²) in [5.74, 6) is -0.937. The van der Waals surface area contributed by atoms with Crippen molar-refractivity contribution in [2.45, 2.75) is 32.1 Å². The second-order valence-electron chi connectivity index (χ2n) is 10.5. The number of aryl methyl sites for hydroxylation is 1. The highest BCUT2D eigenvalue weighted by Crippen LogP contribution is 2.37. The van der Waals surface area contributed by atoms with Gasteiger partial charge in [0.05, 0.1) is 35.3 Å². The Bertz CT molecular complexity index is 1660. The molecule has 0 aliphatic carbocycles. The number of hydrogen-bond donors (Lipinski definition) is 3. The summed E-state index contributed by atoms with van der Waals surface area (Å²) in [4.78, 5) is 22.9. The second kappa shape index (κ2) is 13.0. The van der Waals surface area contributed by atoms with Crippen molar-refractivity contribution in [1.29, 1.82) is 0 Å². The number of alkyl halides is 3. The van der Waals surface area contributed by atoms with Crippen LogP contribution in [0.25, 0.3) is 0 Å². The molecule has 1 saturated heterocycles. The zero-order chi connectivity index (χ0) is 32.4. The molecule has 1 unspecified atom stereocenters. The molecule has 1 aliphatic heterocycles. The zero-order valence-corrected chi connectivity index (χ0v) is 26.3. The van der Waals surface area contributed by atoms with Crippen molar-refractivity contribution in [2.24, 2.45) is 0 Å². The van der Waals surface area contributed by atoms with Gasteiger partial charge in [0.25, 0.3) is 5.91 Å². The monoisotopic (exact) mass is 655 g/mol. The lowest BCUT2D eigenvalue weighted by Crippen LogP contribution is -2.36. The Morgan fingerprint density at radius 3 is 2.59 bits per heavy atom. The summed E-state index contributed by atoms with van der Waals surface area (Å²) in [6, 6.07) is 7.79. The molecule has 2 heterocycles. The number of methoxy groups -OCH3 is 1. The van der Waals surface area contributed by atoms with Gasteiger partial charge >= 0.3 is 6.18 Å². The Morgan fingerprint density at radius 2 is 1.98 bits per heavy atom. The average molecular weight is 656 g/mol. The van der Waals surface area contributed by atoms with Gasteiger partial charge in [0.1, 0.15) is 17.1 Å². The van der Waals surface area contributed by atoms with Crippen LogP contribution >= 0.6 is 11.6 Å². The number of anilines is 4. The Balaban J connectivity index is 1.61. The molecular weight excluding hydrogens is 623 g/mol. The van der Waals surface area contributed by atoms with Crippen molar-refractivity contribution in [3.05, 3.63) is 63.8 Å². The van der Waals surface area contributed by atoms with E-state index >= 15 is 0 Å². The van der Waals surface area contributed by atoms with Crippen molar-refractivity contribution in [3.63, 3.8) is 0 Å². The van der Waals surface area contributed by atoms with E-state index in [4.69, 9.17) is 16.3 Å². The summed E-state index contributed by atoms with van der Waals surface area (Å²) < 4.78 is 72.5. The van der Waals surface area contributed by atoms with Gasteiger partial charge in [-0.3, -0.25) is 9.10 Å². The third-order valence-electron chi connectivity index (χ3n) is 7.12. The predicted octanol–water partition coefficient (Wildman–Crippen LogP) is 4.65. The Morgan fingerprint density at radius 1 is 1.25 bits per heavy atom. The number of ether oxygens (including phenoxy) is 1. The zero-order valence-electron chi connectivity index (χ0n) is 24.7. The third kappa shape index (κ3) is 7.81. The second-order valence-corrected chi connectivity index (χ2v) is 13.0. The SMILES string of the molecule is COc1cc(C(=O)NC2CCN(C)C2)c(Cl)cc1Nc1ncc(C(F)(F)F)c(NCc2ccc(C)cc2N(C)S(C)(=O)=O)n1. The Labute approximate surface area is 258 Å². The molecule has 44 heavy (non-hydrogen) atoms. The molecule has 0 saturated carbocycles. The van der Waals surface area contributed by atoms with Crippen molar-refractivity contribution in [1.82, 2.24) is 20.2 Å². The first-order chi connectivity index (χ1) is 20.6. The van der Waals surface area contributed by atoms with Gasteiger partial charge in [0, 0.05) is 32.4 Å². The van der Waals surface area contributed by atoms with Crippen LogP contribution in [0.1, 0.15) is 33.5 Å². The van der Waals surface area contributed by atoms with Crippen molar-refractivity contribution in [3.8, 4) is 5.75 Å². The van der Waals surface area contributed by atoms with Gasteiger partial charge in [-0.05, 0) is 56.3 Å². The number of carbonyl (C=O) groups is 1. The fourth-order valence-electron chi connectivity index (χ4n) is 4.69. The number of likely N-dealkylation sites (N-methyl/N-ethyl adjacent to an activating group) is 1. The molecule has 3 aromatic rings. The maximum atomic E-state index is 13.9. The minimum absolute atomic E-state index is 0.0263. The Kier molecular flexibility index (Phi) is 9.80. The van der Waals surface area contributed by atoms with Crippen molar-refractivity contribution >= 4 is 50.7 Å². The number of halogens is 4. The van der Waals surface area contributed by atoms with Crippen molar-refractivity contribution < 1.29 is 31.1 Å². The molecule has 0 radical (unpaired) electrons. The summed E-state index contributed by atoms with van der Waals surface area (Å²) in [6.45, 7) is 3.17. The standard InChI is InChI=1S/C28H33ClF3N7O4S/c1-16-6-7-17(23(10-16)39(3)44(5,41)42)13-33-25-20(28(30,31)32)14-34-27(37-25)36-22-12-21(29)19(11-24(22)43-4)26(40)35-18-8-9-38(2)15-18/h6-7,10-12,14,18H,8-9,13,15H2,1-5H3,(H,35,40)(H2,33,34,36,37). The summed E-state index contributed by atoms with van der Waals surface area (Å²) >= 11 is 6.44. The summed E-state index contributed by atoms with van der Waals surface area (Å²) in [5, 5.41) is 8.54. The van der Waals surface area contributed by atoms with Gasteiger partial charge in [-0.25, -0.2) is 13.4 Å². The fraction of sp³-hybridized carbons (Fsp3) is 0.393. The molecule has 1 aromatic heterocycles. The largest absolute Gasteiger partial charge is 0.495 e. The molecule has 4 rings (SSSR count). The lowest BCUT2D eigenvalue weighted by Gasteiger charge is -2.22. The van der Waals surface area contributed by atoms with Crippen molar-refractivity contribution in [2.75, 3.05) is 55.5 Å². The molecule has 11 nitrogen and oxygen atoms in total. The van der Waals surface area contributed by atoms with Crippen LogP contribution < -0.4 is 25.0 Å². The van der Waals surface area contributed by atoms with E-state index in [1.165, 1.54) is 26.3 Å². The van der Waals surface area contributed by atoms with E-state index in [0.29, 0.717) is 24.0 Å². The number of amides is 1. The van der Waals surface area contributed by atoms with E-state index in [9.17, 15) is 26.4 Å². The van der Waals surface area contributed by atoms with E-state index in [0.717, 1.165) is 29.1 Å². The minimum atomic E-state index is -4.79. The van der Waals surface area contributed by atoms with Gasteiger partial charge in [-0.15, -0.1) is 0 Å². The molecule has 1 atom stereocenters. The number of benzene rings is 2. The van der Waals surface area contributed by atoms with Gasteiger partial charge in [-0.2, -0.15) is 18.2 Å². The number of hydrogen-bond acceptors (Lipinski definition) is 9. The van der Waals surface area contributed by atoms with Crippen LogP contribution in [0.4, 0.5) is 36.3 Å². The number of sulfonamides is 1. The topological polar surface area (TPSA) is 129 Å². The lowest BCUT2D eigenvalue weighted by atomic mass is 10.1. The molecule has 16 heteroatoms. The molecule has 3 N–H and O–H groups in total. The van der Waals surface area contributed by atoms with Gasteiger partial charge in [-0.1, -0.05) is 23.7 Å². The molecule has 0 bridgehead atoms. The summed E-state index contributed by atoms with van der Waals surface area (Å²) in [7, 11) is 1.06. The van der Waals surface area contributed by atoms with Crippen LogP contribution in [0, 0.1) is 6.92 Å². The number of carbonyl (C=O) groups excluding carboxylic acids is 1. The van der Waals surface area contributed by atoms with E-state index in [1.54, 1.807) is 25.1 Å². The molecule has 1 amide bonds. The normalized spacial score (nSPS) is 15.6. The fourth-order valence-corrected chi connectivity index (χ4v) is 5.47. The van der Waals surface area contributed by atoms with Gasteiger partial charge < -0.3 is 25.6 Å². The molecular formula is C28H33ClF3N7O4S. The van der Waals surface area contributed by atoms with Crippen LogP contribution in [0.15, 0.2) is 36.5 Å². The molecule has 1 aliphatic rings. The quantitative estimate of drug-likeness (QED) is 0.286. The maximum absolute atomic E-state index is 13.9. The third-order valence-corrected chi connectivity index (χ3v) is 8.63. The van der Waals surface area contributed by atoms with E-state index in [-0.39, 0.29) is 46.5 Å². The number of aromatic nitrogens is 2. The Hall–Kier alpha value is -3.82. The van der Waals surface area contributed by atoms with Crippen LogP contribution in [-0.2, 0) is 22.7 Å². The predicted molar refractivity (Wildman–Crippen MR) is 163 cm³/mol. The van der Waals surface area contributed by atoms with Crippen LogP contribution in [-0.4, -0.2) is 75.8 Å². The summed E-state index contributed by atoms with van der Waals surface area (Å²) in [5.41, 5.74) is 0.776. The first kappa shape index (κ1) is 33.1. The molecule has 2 aromatic carbocycles. The van der Waals surface area contributed by atoms with E-state index in [2.05, 4.69) is 30.8 Å². The highest BCUT2D eigenvalue weighted by molar-refractivity contribution is 7.92. The maximum Gasteiger partial charge on any atom is 0.421 e. The minimum Gasteiger partial charge on any atom is -0.495 e. The number of nitrogens with zero attached hydrogens (tertiary/aromatic N) is 4. The van der Waals surface area contributed by atoms with Crippen LogP contribution in [0.2, 0.25) is 5.02 Å². The van der Waals surface area contributed by atoms with Gasteiger partial charge in [0.15, 0.2) is 0 Å². The van der Waals surface area contributed by atoms with Gasteiger partial charge in [0.2, 0.25) is 16.0 Å². The lowest BCUT2D eigenvalue weighted by molar-refractivity contribution is -0.137. The molecule has 238 valence electrons. The average Bonchev–Trinajstić information content (AvgIpc) is 3.35. The first-order valence-corrected chi connectivity index (χ1v) is 15.6. The first-order valence-electron chi connectivity index (χ1n) is 13.4. The number of nitrogens with one attached hydrogen (secondary N) is 3. The molecule has 0 spiro atoms. The van der Waals surface area contributed by atoms with Crippen LogP contribution in [0.5, 0.6) is 5.75 Å². The highest BCUT2D eigenvalue weighted by atomic mass is 35.5. The number of rotatable bonds is 10. The van der Waals surface area contributed by atoms with Crippen LogP contribution in [0.3, 0.4) is 0 Å². The highest BCUT2D eigenvalue weighted by Gasteiger charge is 2.35. The smallest absolute Gasteiger partial charge is 0.421 e. The molecule has 1 fully saturated rings. The van der Waals surface area contributed by atoms with E-state index < -0.39 is 27.6 Å². The summed E-state index contributed by atoms with van der Waals surface area (Å²) in [6.07, 6.45) is -2.32. The number of likely N-dealkylation sites (tertiary alicyclic amines) is 1. The van der Waals surface area contributed by atoms with E-state index in [1.807, 2.05) is 7.05 Å².